The molecule has 0 aliphatic heterocycles. The number of hydrogen-bond donors (Lipinski definition) is 0. The molecule has 24 heavy (non-hydrogen) atoms. The number of nitro benzene ring substituents is 1. The number of non-ortho nitro benzene ring substituents is 1. The maximum Gasteiger partial charge on any atom is 0.270 e. The molecule has 0 bridgehead atoms. The van der Waals surface area contributed by atoms with E-state index in [1.165, 1.54) is 49.8 Å². The van der Waals surface area contributed by atoms with Crippen molar-refractivity contribution in [2.24, 2.45) is 5.92 Å². The molecule has 0 heterocycles. The average Bonchev–Trinajstić information content (AvgIpc) is 2.63. The maximum atomic E-state index is 12.5. The third-order valence-electron chi connectivity index (χ3n) is 4.78. The monoisotopic (exact) mass is 323 g/mol. The van der Waals surface area contributed by atoms with Crippen molar-refractivity contribution in [1.82, 2.24) is 0 Å². The molecule has 1 aliphatic rings. The van der Waals surface area contributed by atoms with E-state index in [1.54, 1.807) is 12.1 Å². The van der Waals surface area contributed by atoms with Gasteiger partial charge >= 0.3 is 0 Å². The highest BCUT2D eigenvalue weighted by atomic mass is 16.6. The molecule has 0 atom stereocenters. The van der Waals surface area contributed by atoms with Gasteiger partial charge in [0, 0.05) is 23.3 Å². The van der Waals surface area contributed by atoms with E-state index in [0.717, 1.165) is 12.3 Å². The average molecular weight is 323 g/mol. The zero-order chi connectivity index (χ0) is 16.9. The first kappa shape index (κ1) is 16.4. The molecule has 3 rings (SSSR count). The summed E-state index contributed by atoms with van der Waals surface area (Å²) in [7, 11) is 0. The van der Waals surface area contributed by atoms with Crippen molar-refractivity contribution in [1.29, 1.82) is 0 Å². The fraction of sp³-hybridized carbons (Fsp3) is 0.350. The van der Waals surface area contributed by atoms with Crippen molar-refractivity contribution in [3.8, 4) is 0 Å². The molecule has 0 unspecified atom stereocenters. The SMILES string of the molecule is O=C(c1ccc(CC2CCCCC2)cc1)c1cccc([N+](=O)[O-])c1. The molecule has 0 spiro atoms. The highest BCUT2D eigenvalue weighted by molar-refractivity contribution is 6.09. The lowest BCUT2D eigenvalue weighted by Crippen LogP contribution is -2.09. The summed E-state index contributed by atoms with van der Waals surface area (Å²) in [5.74, 6) is 0.583. The molecular weight excluding hydrogens is 302 g/mol. The van der Waals surface area contributed by atoms with Crippen LogP contribution in [0.3, 0.4) is 0 Å². The zero-order valence-electron chi connectivity index (χ0n) is 13.6. The van der Waals surface area contributed by atoms with Crippen LogP contribution in [-0.4, -0.2) is 10.7 Å². The molecule has 4 heteroatoms. The first-order valence-electron chi connectivity index (χ1n) is 8.51. The number of carbonyl (C=O) groups is 1. The summed E-state index contributed by atoms with van der Waals surface area (Å²) in [4.78, 5) is 22.9. The van der Waals surface area contributed by atoms with Crippen molar-refractivity contribution in [2.75, 3.05) is 0 Å². The topological polar surface area (TPSA) is 60.2 Å². The number of nitro groups is 1. The van der Waals surface area contributed by atoms with Crippen LogP contribution in [0.15, 0.2) is 48.5 Å². The van der Waals surface area contributed by atoms with Gasteiger partial charge in [0.15, 0.2) is 5.78 Å². The second-order valence-corrected chi connectivity index (χ2v) is 6.54. The van der Waals surface area contributed by atoms with Gasteiger partial charge < -0.3 is 0 Å². The van der Waals surface area contributed by atoms with Gasteiger partial charge in [0.25, 0.3) is 5.69 Å². The van der Waals surface area contributed by atoms with Crippen LogP contribution in [0.1, 0.15) is 53.6 Å². The van der Waals surface area contributed by atoms with Gasteiger partial charge in [-0.05, 0) is 17.9 Å². The largest absolute Gasteiger partial charge is 0.289 e. The number of carbonyl (C=O) groups excluding carboxylic acids is 1. The van der Waals surface area contributed by atoms with Crippen molar-refractivity contribution in [2.45, 2.75) is 38.5 Å². The summed E-state index contributed by atoms with van der Waals surface area (Å²) in [5, 5.41) is 10.8. The number of benzene rings is 2. The van der Waals surface area contributed by atoms with Gasteiger partial charge in [0.1, 0.15) is 0 Å². The predicted molar refractivity (Wildman–Crippen MR) is 93.2 cm³/mol. The standard InChI is InChI=1S/C20H21NO3/c22-20(18-7-4-8-19(14-18)21(23)24)17-11-9-16(10-12-17)13-15-5-2-1-3-6-15/h4,7-12,14-15H,1-3,5-6,13H2. The summed E-state index contributed by atoms with van der Waals surface area (Å²) >= 11 is 0. The van der Waals surface area contributed by atoms with Gasteiger partial charge in [-0.15, -0.1) is 0 Å². The summed E-state index contributed by atoms with van der Waals surface area (Å²) in [6, 6.07) is 13.6. The Hall–Kier alpha value is -2.49. The van der Waals surface area contributed by atoms with Crippen molar-refractivity contribution in [3.63, 3.8) is 0 Å². The van der Waals surface area contributed by atoms with Crippen LogP contribution < -0.4 is 0 Å². The van der Waals surface area contributed by atoms with Crippen LogP contribution in [0.25, 0.3) is 0 Å². The maximum absolute atomic E-state index is 12.5. The molecule has 0 radical (unpaired) electrons. The van der Waals surface area contributed by atoms with Gasteiger partial charge in [-0.25, -0.2) is 0 Å². The van der Waals surface area contributed by atoms with Crippen LogP contribution in [-0.2, 0) is 6.42 Å². The van der Waals surface area contributed by atoms with Gasteiger partial charge in [-0.2, -0.15) is 0 Å². The van der Waals surface area contributed by atoms with Crippen molar-refractivity contribution < 1.29 is 9.72 Å². The molecule has 2 aromatic rings. The molecule has 1 saturated carbocycles. The molecule has 4 nitrogen and oxygen atoms in total. The molecule has 0 saturated heterocycles. The third kappa shape index (κ3) is 3.88. The highest BCUT2D eigenvalue weighted by Crippen LogP contribution is 2.27. The minimum atomic E-state index is -0.482. The molecule has 1 fully saturated rings. The van der Waals surface area contributed by atoms with Crippen LogP contribution in [0.5, 0.6) is 0 Å². The molecule has 1 aliphatic carbocycles. The van der Waals surface area contributed by atoms with E-state index in [0.29, 0.717) is 11.1 Å². The Morgan fingerprint density at radius 2 is 1.71 bits per heavy atom. The second kappa shape index (κ2) is 7.39. The number of hydrogen-bond acceptors (Lipinski definition) is 3. The Bertz CT molecular complexity index is 731. The minimum absolute atomic E-state index is 0.0604. The Morgan fingerprint density at radius 3 is 2.38 bits per heavy atom. The van der Waals surface area contributed by atoms with Crippen molar-refractivity contribution in [3.05, 3.63) is 75.3 Å². The van der Waals surface area contributed by atoms with Crippen LogP contribution in [0, 0.1) is 16.0 Å². The first-order chi connectivity index (χ1) is 11.6. The molecule has 2 aromatic carbocycles. The van der Waals surface area contributed by atoms with E-state index in [2.05, 4.69) is 0 Å². The Labute approximate surface area is 141 Å². The third-order valence-corrected chi connectivity index (χ3v) is 4.78. The van der Waals surface area contributed by atoms with E-state index in [-0.39, 0.29) is 11.5 Å². The lowest BCUT2D eigenvalue weighted by molar-refractivity contribution is -0.384. The van der Waals surface area contributed by atoms with Crippen LogP contribution in [0.4, 0.5) is 5.69 Å². The smallest absolute Gasteiger partial charge is 0.270 e. The van der Waals surface area contributed by atoms with Crippen LogP contribution in [0.2, 0.25) is 0 Å². The van der Waals surface area contributed by atoms with Gasteiger partial charge in [0.2, 0.25) is 0 Å². The fourth-order valence-corrected chi connectivity index (χ4v) is 3.44. The zero-order valence-corrected chi connectivity index (χ0v) is 13.6. The van der Waals surface area contributed by atoms with Crippen LogP contribution >= 0.6 is 0 Å². The van der Waals surface area contributed by atoms with E-state index >= 15 is 0 Å². The normalized spacial score (nSPS) is 15.2. The van der Waals surface area contributed by atoms with Gasteiger partial charge in [-0.3, -0.25) is 14.9 Å². The lowest BCUT2D eigenvalue weighted by atomic mass is 9.84. The van der Waals surface area contributed by atoms with Crippen molar-refractivity contribution >= 4 is 11.5 Å². The Kier molecular flexibility index (Phi) is 5.04. The Balaban J connectivity index is 1.71. The minimum Gasteiger partial charge on any atom is -0.289 e. The summed E-state index contributed by atoms with van der Waals surface area (Å²) in [6.45, 7) is 0. The lowest BCUT2D eigenvalue weighted by Gasteiger charge is -2.21. The first-order valence-corrected chi connectivity index (χ1v) is 8.51. The molecular formula is C20H21NO3. The van der Waals surface area contributed by atoms with E-state index < -0.39 is 4.92 Å². The Morgan fingerprint density at radius 1 is 1.00 bits per heavy atom. The predicted octanol–water partition coefficient (Wildman–Crippen LogP) is 4.95. The van der Waals surface area contributed by atoms with Gasteiger partial charge in [-0.1, -0.05) is 68.5 Å². The summed E-state index contributed by atoms with van der Waals surface area (Å²) in [6.07, 6.45) is 7.68. The summed E-state index contributed by atoms with van der Waals surface area (Å²) < 4.78 is 0. The molecule has 0 aromatic heterocycles. The fourth-order valence-electron chi connectivity index (χ4n) is 3.44. The molecule has 0 N–H and O–H groups in total. The highest BCUT2D eigenvalue weighted by Gasteiger charge is 2.16. The van der Waals surface area contributed by atoms with E-state index in [1.807, 2.05) is 24.3 Å². The van der Waals surface area contributed by atoms with E-state index in [4.69, 9.17) is 0 Å². The second-order valence-electron chi connectivity index (χ2n) is 6.54. The number of ketones is 1. The number of rotatable bonds is 5. The molecule has 124 valence electrons. The quantitative estimate of drug-likeness (QED) is 0.444. The number of nitrogens with zero attached hydrogens (tertiary/aromatic N) is 1. The summed E-state index contributed by atoms with van der Waals surface area (Å²) in [5.41, 5.74) is 2.12. The molecule has 0 amide bonds. The van der Waals surface area contributed by atoms with E-state index in [9.17, 15) is 14.9 Å². The van der Waals surface area contributed by atoms with Gasteiger partial charge in [0.05, 0.1) is 4.92 Å².